The molecule has 0 bridgehead atoms. The molecule has 0 spiro atoms. The van der Waals surface area contributed by atoms with Crippen molar-refractivity contribution in [3.63, 3.8) is 0 Å². The second-order valence-corrected chi connectivity index (χ2v) is 7.60. The Morgan fingerprint density at radius 1 is 1.33 bits per heavy atom. The van der Waals surface area contributed by atoms with E-state index in [0.717, 1.165) is 37.4 Å². The number of carbonyl (C=O) groups excluding carboxylic acids is 1. The van der Waals surface area contributed by atoms with Crippen molar-refractivity contribution >= 4 is 18.3 Å². The fourth-order valence-electron chi connectivity index (χ4n) is 3.64. The number of hydrogen-bond donors (Lipinski definition) is 2. The molecule has 1 amide bonds. The van der Waals surface area contributed by atoms with Gasteiger partial charge in [0.15, 0.2) is 0 Å². The lowest BCUT2D eigenvalue weighted by Gasteiger charge is -2.22. The van der Waals surface area contributed by atoms with Gasteiger partial charge in [-0.3, -0.25) is 4.79 Å². The van der Waals surface area contributed by atoms with Crippen LogP contribution < -0.4 is 10.6 Å². The van der Waals surface area contributed by atoms with Crippen LogP contribution in [-0.2, 0) is 0 Å². The Balaban J connectivity index is 0.00000261. The fourth-order valence-corrected chi connectivity index (χ4v) is 3.64. The average molecular weight is 391 g/mol. The number of rotatable bonds is 6. The maximum Gasteiger partial charge on any atom is 0.254 e. The van der Waals surface area contributed by atoms with Gasteiger partial charge >= 0.3 is 0 Å². The molecule has 1 atom stereocenters. The zero-order valence-electron chi connectivity index (χ0n) is 16.5. The summed E-state index contributed by atoms with van der Waals surface area (Å²) in [6.07, 6.45) is 5.22. The molecule has 1 aromatic carbocycles. The number of nitrogens with one attached hydrogen (secondary N) is 2. The van der Waals surface area contributed by atoms with Gasteiger partial charge in [-0.15, -0.1) is 12.4 Å². The van der Waals surface area contributed by atoms with Gasteiger partial charge in [-0.05, 0) is 63.2 Å². The van der Waals surface area contributed by atoms with Gasteiger partial charge in [-0.1, -0.05) is 31.5 Å². The third-order valence-corrected chi connectivity index (χ3v) is 5.11. The Labute approximate surface area is 168 Å². The molecule has 1 aliphatic rings. The van der Waals surface area contributed by atoms with E-state index in [1.807, 2.05) is 16.8 Å². The molecule has 1 fully saturated rings. The molecule has 1 saturated heterocycles. The minimum atomic E-state index is -0.0177. The van der Waals surface area contributed by atoms with Crippen molar-refractivity contribution in [1.29, 1.82) is 0 Å². The Kier molecular flexibility index (Phi) is 7.87. The van der Waals surface area contributed by atoms with Crippen LogP contribution in [0.15, 0.2) is 30.5 Å². The SMILES string of the molecule is Cc1ccc(-n2ncc(C(=O)NCCC3CCCNC3)c2C(C)C)cc1.Cl. The van der Waals surface area contributed by atoms with E-state index < -0.39 is 0 Å². The van der Waals surface area contributed by atoms with Crippen molar-refractivity contribution in [3.8, 4) is 5.69 Å². The van der Waals surface area contributed by atoms with Crippen molar-refractivity contribution in [2.45, 2.75) is 46.0 Å². The summed E-state index contributed by atoms with van der Waals surface area (Å²) in [5, 5.41) is 11.0. The third-order valence-electron chi connectivity index (χ3n) is 5.11. The number of halogens is 1. The van der Waals surface area contributed by atoms with Crippen LogP contribution in [-0.4, -0.2) is 35.3 Å². The van der Waals surface area contributed by atoms with Gasteiger partial charge in [0.1, 0.15) is 0 Å². The summed E-state index contributed by atoms with van der Waals surface area (Å²) in [6.45, 7) is 9.19. The first-order chi connectivity index (χ1) is 12.6. The molecule has 6 heteroatoms. The van der Waals surface area contributed by atoms with E-state index in [0.29, 0.717) is 11.5 Å². The van der Waals surface area contributed by atoms with E-state index in [2.05, 4.69) is 48.6 Å². The van der Waals surface area contributed by atoms with Crippen LogP contribution in [0.2, 0.25) is 0 Å². The summed E-state index contributed by atoms with van der Waals surface area (Å²) >= 11 is 0. The van der Waals surface area contributed by atoms with Crippen LogP contribution in [0.5, 0.6) is 0 Å². The molecule has 1 unspecified atom stereocenters. The molecule has 1 aromatic heterocycles. The molecule has 1 aliphatic heterocycles. The maximum atomic E-state index is 12.7. The van der Waals surface area contributed by atoms with Gasteiger partial charge in [0, 0.05) is 6.54 Å². The van der Waals surface area contributed by atoms with E-state index >= 15 is 0 Å². The maximum absolute atomic E-state index is 12.7. The first-order valence-electron chi connectivity index (χ1n) is 9.70. The second kappa shape index (κ2) is 9.90. The second-order valence-electron chi connectivity index (χ2n) is 7.60. The first-order valence-corrected chi connectivity index (χ1v) is 9.70. The molecular formula is C21H31ClN4O. The van der Waals surface area contributed by atoms with Gasteiger partial charge < -0.3 is 10.6 Å². The smallest absolute Gasteiger partial charge is 0.254 e. The fraction of sp³-hybridized carbons (Fsp3) is 0.524. The number of amides is 1. The van der Waals surface area contributed by atoms with Crippen LogP contribution in [0.4, 0.5) is 0 Å². The molecule has 0 saturated carbocycles. The van der Waals surface area contributed by atoms with Crippen molar-refractivity contribution in [1.82, 2.24) is 20.4 Å². The summed E-state index contributed by atoms with van der Waals surface area (Å²) in [5.41, 5.74) is 3.85. The van der Waals surface area contributed by atoms with Gasteiger partial charge in [0.25, 0.3) is 5.91 Å². The first kappa shape index (κ1) is 21.5. The van der Waals surface area contributed by atoms with Crippen LogP contribution in [0.25, 0.3) is 5.69 Å². The van der Waals surface area contributed by atoms with Crippen molar-refractivity contribution in [2.75, 3.05) is 19.6 Å². The summed E-state index contributed by atoms with van der Waals surface area (Å²) in [6, 6.07) is 8.23. The lowest BCUT2D eigenvalue weighted by Crippen LogP contribution is -2.33. The van der Waals surface area contributed by atoms with E-state index in [1.165, 1.54) is 18.4 Å². The Morgan fingerprint density at radius 3 is 2.70 bits per heavy atom. The van der Waals surface area contributed by atoms with Crippen LogP contribution in [0, 0.1) is 12.8 Å². The molecule has 3 rings (SSSR count). The highest BCUT2D eigenvalue weighted by Gasteiger charge is 2.21. The highest BCUT2D eigenvalue weighted by molar-refractivity contribution is 5.95. The number of benzene rings is 1. The molecule has 148 valence electrons. The Bertz CT molecular complexity index is 733. The molecule has 27 heavy (non-hydrogen) atoms. The number of aromatic nitrogens is 2. The lowest BCUT2D eigenvalue weighted by molar-refractivity contribution is 0.0949. The quantitative estimate of drug-likeness (QED) is 0.787. The molecule has 5 nitrogen and oxygen atoms in total. The largest absolute Gasteiger partial charge is 0.352 e. The van der Waals surface area contributed by atoms with E-state index in [9.17, 15) is 4.79 Å². The molecule has 2 heterocycles. The predicted molar refractivity (Wildman–Crippen MR) is 112 cm³/mol. The van der Waals surface area contributed by atoms with Gasteiger partial charge in [-0.2, -0.15) is 5.10 Å². The minimum absolute atomic E-state index is 0. The molecule has 2 aromatic rings. The monoisotopic (exact) mass is 390 g/mol. The van der Waals surface area contributed by atoms with E-state index in [4.69, 9.17) is 0 Å². The highest BCUT2D eigenvalue weighted by Crippen LogP contribution is 2.23. The lowest BCUT2D eigenvalue weighted by atomic mass is 9.96. The Morgan fingerprint density at radius 2 is 2.07 bits per heavy atom. The number of piperidine rings is 1. The molecule has 2 N–H and O–H groups in total. The number of carbonyl (C=O) groups is 1. The zero-order valence-corrected chi connectivity index (χ0v) is 17.3. The van der Waals surface area contributed by atoms with Crippen molar-refractivity contribution in [2.24, 2.45) is 5.92 Å². The van der Waals surface area contributed by atoms with Crippen LogP contribution >= 0.6 is 12.4 Å². The summed E-state index contributed by atoms with van der Waals surface area (Å²) in [4.78, 5) is 12.7. The summed E-state index contributed by atoms with van der Waals surface area (Å²) in [7, 11) is 0. The van der Waals surface area contributed by atoms with Gasteiger partial charge in [0.05, 0.1) is 23.1 Å². The number of hydrogen-bond acceptors (Lipinski definition) is 3. The van der Waals surface area contributed by atoms with Gasteiger partial charge in [-0.25, -0.2) is 4.68 Å². The average Bonchev–Trinajstić information content (AvgIpc) is 3.08. The van der Waals surface area contributed by atoms with E-state index in [1.54, 1.807) is 6.20 Å². The summed E-state index contributed by atoms with van der Waals surface area (Å²) < 4.78 is 1.89. The zero-order chi connectivity index (χ0) is 18.5. The Hall–Kier alpha value is -1.85. The van der Waals surface area contributed by atoms with Gasteiger partial charge in [0.2, 0.25) is 0 Å². The standard InChI is InChI=1S/C21H30N4O.ClH/c1-15(2)20-19(14-24-25(20)18-8-6-16(3)7-9-18)21(26)23-12-10-17-5-4-11-22-13-17;/h6-9,14-15,17,22H,4-5,10-13H2,1-3H3,(H,23,26);1H. The van der Waals surface area contributed by atoms with Crippen molar-refractivity contribution < 1.29 is 4.79 Å². The minimum Gasteiger partial charge on any atom is -0.352 e. The molecule has 0 radical (unpaired) electrons. The normalized spacial score (nSPS) is 16.8. The molecular weight excluding hydrogens is 360 g/mol. The van der Waals surface area contributed by atoms with Crippen LogP contribution in [0.1, 0.15) is 60.6 Å². The van der Waals surface area contributed by atoms with Crippen molar-refractivity contribution in [3.05, 3.63) is 47.3 Å². The van der Waals surface area contributed by atoms with Crippen LogP contribution in [0.3, 0.4) is 0 Å². The number of aryl methyl sites for hydroxylation is 1. The molecule has 0 aliphatic carbocycles. The topological polar surface area (TPSA) is 59.0 Å². The van der Waals surface area contributed by atoms with E-state index in [-0.39, 0.29) is 24.2 Å². The highest BCUT2D eigenvalue weighted by atomic mass is 35.5. The predicted octanol–water partition coefficient (Wildman–Crippen LogP) is 3.85. The third kappa shape index (κ3) is 5.33. The number of nitrogens with zero attached hydrogens (tertiary/aromatic N) is 2. The summed E-state index contributed by atoms with van der Waals surface area (Å²) in [5.74, 6) is 0.863.